The predicted octanol–water partition coefficient (Wildman–Crippen LogP) is 2.92. The molecule has 2 fully saturated rings. The average molecular weight is 291 g/mol. The zero-order valence-electron chi connectivity index (χ0n) is 12.9. The van der Waals surface area contributed by atoms with Crippen LogP contribution < -0.4 is 14.8 Å². The molecule has 1 aliphatic heterocycles. The van der Waals surface area contributed by atoms with Crippen molar-refractivity contribution in [3.8, 4) is 11.5 Å². The summed E-state index contributed by atoms with van der Waals surface area (Å²) >= 11 is 0. The van der Waals surface area contributed by atoms with E-state index in [0.29, 0.717) is 5.92 Å². The van der Waals surface area contributed by atoms with Gasteiger partial charge in [-0.25, -0.2) is 0 Å². The molecule has 3 rings (SSSR count). The van der Waals surface area contributed by atoms with Crippen molar-refractivity contribution in [1.29, 1.82) is 0 Å². The molecule has 0 amide bonds. The lowest BCUT2D eigenvalue weighted by Gasteiger charge is -2.33. The molecule has 0 radical (unpaired) electrons. The molecule has 1 N–H and O–H groups in total. The first-order chi connectivity index (χ1) is 10.3. The smallest absolute Gasteiger partial charge is 0.128 e. The third-order valence-corrected chi connectivity index (χ3v) is 4.44. The molecule has 4 heteroatoms. The van der Waals surface area contributed by atoms with Gasteiger partial charge in [0.25, 0.3) is 0 Å². The van der Waals surface area contributed by atoms with E-state index in [9.17, 15) is 0 Å². The largest absolute Gasteiger partial charge is 0.497 e. The fourth-order valence-electron chi connectivity index (χ4n) is 3.06. The molecule has 0 aromatic heterocycles. The van der Waals surface area contributed by atoms with Crippen LogP contribution in [0, 0.1) is 5.92 Å². The molecular weight excluding hydrogens is 266 g/mol. The molecule has 116 valence electrons. The summed E-state index contributed by atoms with van der Waals surface area (Å²) in [4.78, 5) is 0. The average Bonchev–Trinajstić information content (AvgIpc) is 3.37. The van der Waals surface area contributed by atoms with E-state index in [1.807, 2.05) is 12.1 Å². The highest BCUT2D eigenvalue weighted by molar-refractivity contribution is 5.42. The standard InChI is InChI=1S/C17H25NO3/c1-19-14-7-8-15(16(10-14)20-2)17-12(4-3-9-21-17)11-18-13-5-6-13/h7-8,10,12-13,17-18H,3-6,9,11H2,1-2H3. The van der Waals surface area contributed by atoms with Crippen LogP contribution in [0.25, 0.3) is 0 Å². The highest BCUT2D eigenvalue weighted by Gasteiger charge is 2.31. The van der Waals surface area contributed by atoms with Crippen molar-refractivity contribution < 1.29 is 14.2 Å². The van der Waals surface area contributed by atoms with Gasteiger partial charge in [0.05, 0.1) is 20.3 Å². The van der Waals surface area contributed by atoms with E-state index in [4.69, 9.17) is 14.2 Å². The van der Waals surface area contributed by atoms with Gasteiger partial charge in [-0.05, 0) is 37.8 Å². The number of benzene rings is 1. The van der Waals surface area contributed by atoms with Crippen molar-refractivity contribution in [3.63, 3.8) is 0 Å². The SMILES string of the molecule is COc1ccc(C2OCCCC2CNC2CC2)c(OC)c1. The summed E-state index contributed by atoms with van der Waals surface area (Å²) in [5.41, 5.74) is 1.14. The summed E-state index contributed by atoms with van der Waals surface area (Å²) in [6.45, 7) is 1.87. The minimum absolute atomic E-state index is 0.117. The van der Waals surface area contributed by atoms with Gasteiger partial charge < -0.3 is 19.5 Å². The molecule has 1 aliphatic carbocycles. The van der Waals surface area contributed by atoms with Crippen LogP contribution in [0.3, 0.4) is 0 Å². The second-order valence-corrected chi connectivity index (χ2v) is 5.98. The molecule has 21 heavy (non-hydrogen) atoms. The Kier molecular flexibility index (Phi) is 4.66. The van der Waals surface area contributed by atoms with Crippen molar-refractivity contribution in [2.24, 2.45) is 5.92 Å². The molecular formula is C17H25NO3. The maximum absolute atomic E-state index is 6.08. The Balaban J connectivity index is 1.77. The number of ether oxygens (including phenoxy) is 3. The maximum atomic E-state index is 6.08. The lowest BCUT2D eigenvalue weighted by molar-refractivity contribution is -0.0290. The fraction of sp³-hybridized carbons (Fsp3) is 0.647. The van der Waals surface area contributed by atoms with E-state index in [1.165, 1.54) is 19.3 Å². The summed E-state index contributed by atoms with van der Waals surface area (Å²) in [5.74, 6) is 2.19. The second-order valence-electron chi connectivity index (χ2n) is 5.98. The van der Waals surface area contributed by atoms with Crippen molar-refractivity contribution in [2.75, 3.05) is 27.4 Å². The molecule has 1 aromatic rings. The van der Waals surface area contributed by atoms with Crippen molar-refractivity contribution in [3.05, 3.63) is 23.8 Å². The Morgan fingerprint density at radius 2 is 2.05 bits per heavy atom. The van der Waals surface area contributed by atoms with E-state index in [-0.39, 0.29) is 6.10 Å². The molecule has 4 nitrogen and oxygen atoms in total. The van der Waals surface area contributed by atoms with Crippen molar-refractivity contribution in [2.45, 2.75) is 37.8 Å². The van der Waals surface area contributed by atoms with Crippen LogP contribution in [-0.4, -0.2) is 33.4 Å². The normalized spacial score (nSPS) is 25.6. The van der Waals surface area contributed by atoms with Crippen LogP contribution in [-0.2, 0) is 4.74 Å². The van der Waals surface area contributed by atoms with Gasteiger partial charge in [-0.3, -0.25) is 0 Å². The monoisotopic (exact) mass is 291 g/mol. The Labute approximate surface area is 126 Å². The van der Waals surface area contributed by atoms with Gasteiger partial charge in [-0.15, -0.1) is 0 Å². The molecule has 2 atom stereocenters. The predicted molar refractivity (Wildman–Crippen MR) is 82.0 cm³/mol. The van der Waals surface area contributed by atoms with Crippen LogP contribution in [0.4, 0.5) is 0 Å². The zero-order chi connectivity index (χ0) is 14.7. The molecule has 1 saturated heterocycles. The van der Waals surface area contributed by atoms with E-state index in [1.54, 1.807) is 14.2 Å². The molecule has 1 heterocycles. The van der Waals surface area contributed by atoms with Gasteiger partial charge in [-0.2, -0.15) is 0 Å². The van der Waals surface area contributed by atoms with Gasteiger partial charge >= 0.3 is 0 Å². The van der Waals surface area contributed by atoms with Crippen LogP contribution in [0.15, 0.2) is 18.2 Å². The van der Waals surface area contributed by atoms with Gasteiger partial charge in [0.15, 0.2) is 0 Å². The molecule has 0 bridgehead atoms. The van der Waals surface area contributed by atoms with Gasteiger partial charge in [0.1, 0.15) is 11.5 Å². The maximum Gasteiger partial charge on any atom is 0.128 e. The van der Waals surface area contributed by atoms with Gasteiger partial charge in [0.2, 0.25) is 0 Å². The zero-order valence-corrected chi connectivity index (χ0v) is 12.9. The van der Waals surface area contributed by atoms with Crippen LogP contribution in [0.2, 0.25) is 0 Å². The van der Waals surface area contributed by atoms with Crippen LogP contribution in [0.1, 0.15) is 37.4 Å². The third kappa shape index (κ3) is 3.50. The summed E-state index contributed by atoms with van der Waals surface area (Å²) in [6.07, 6.45) is 5.12. The Morgan fingerprint density at radius 3 is 2.76 bits per heavy atom. The van der Waals surface area contributed by atoms with E-state index in [2.05, 4.69) is 11.4 Å². The topological polar surface area (TPSA) is 39.7 Å². The van der Waals surface area contributed by atoms with E-state index >= 15 is 0 Å². The van der Waals surface area contributed by atoms with Gasteiger partial charge in [-0.1, -0.05) is 0 Å². The first-order valence-corrected chi connectivity index (χ1v) is 7.88. The minimum Gasteiger partial charge on any atom is -0.497 e. The highest BCUT2D eigenvalue weighted by Crippen LogP contribution is 2.39. The summed E-state index contributed by atoms with van der Waals surface area (Å²) < 4.78 is 16.9. The second kappa shape index (κ2) is 6.67. The van der Waals surface area contributed by atoms with Crippen LogP contribution >= 0.6 is 0 Å². The number of hydrogen-bond donors (Lipinski definition) is 1. The van der Waals surface area contributed by atoms with Crippen molar-refractivity contribution >= 4 is 0 Å². The lowest BCUT2D eigenvalue weighted by atomic mass is 9.89. The molecule has 2 aliphatic rings. The first-order valence-electron chi connectivity index (χ1n) is 7.88. The Bertz CT molecular complexity index is 473. The molecule has 2 unspecified atom stereocenters. The highest BCUT2D eigenvalue weighted by atomic mass is 16.5. The lowest BCUT2D eigenvalue weighted by Crippen LogP contribution is -2.33. The number of nitrogens with one attached hydrogen (secondary N) is 1. The minimum atomic E-state index is 0.117. The van der Waals surface area contributed by atoms with Gasteiger partial charge in [0, 0.05) is 36.7 Å². The summed E-state index contributed by atoms with van der Waals surface area (Å²) in [5, 5.41) is 3.64. The summed E-state index contributed by atoms with van der Waals surface area (Å²) in [6, 6.07) is 6.75. The van der Waals surface area contributed by atoms with Crippen LogP contribution in [0.5, 0.6) is 11.5 Å². The Morgan fingerprint density at radius 1 is 1.19 bits per heavy atom. The molecule has 1 aromatic carbocycles. The summed E-state index contributed by atoms with van der Waals surface area (Å²) in [7, 11) is 3.38. The van der Waals surface area contributed by atoms with Crippen molar-refractivity contribution in [1.82, 2.24) is 5.32 Å². The van der Waals surface area contributed by atoms with E-state index < -0.39 is 0 Å². The number of methoxy groups -OCH3 is 2. The van der Waals surface area contributed by atoms with E-state index in [0.717, 1.165) is 42.7 Å². The third-order valence-electron chi connectivity index (χ3n) is 4.44. The number of hydrogen-bond acceptors (Lipinski definition) is 4. The molecule has 1 saturated carbocycles. The first kappa shape index (κ1) is 14.7. The molecule has 0 spiro atoms. The number of rotatable bonds is 6. The quantitative estimate of drug-likeness (QED) is 0.875. The fourth-order valence-corrected chi connectivity index (χ4v) is 3.06. The Hall–Kier alpha value is -1.26.